The summed E-state index contributed by atoms with van der Waals surface area (Å²) in [5, 5.41) is 5.81. The maximum absolute atomic E-state index is 12.3. The van der Waals surface area contributed by atoms with E-state index in [0.29, 0.717) is 17.8 Å². The fraction of sp³-hybridized carbons (Fsp3) is 0.529. The van der Waals surface area contributed by atoms with Crippen molar-refractivity contribution in [1.29, 1.82) is 0 Å². The van der Waals surface area contributed by atoms with E-state index >= 15 is 0 Å². The first-order valence-electron chi connectivity index (χ1n) is 8.06. The number of carbonyl (C=O) groups excluding carboxylic acids is 2. The van der Waals surface area contributed by atoms with Crippen molar-refractivity contribution < 1.29 is 9.59 Å². The van der Waals surface area contributed by atoms with E-state index in [-0.39, 0.29) is 36.2 Å². The minimum atomic E-state index is -0.144. The lowest BCUT2D eigenvalue weighted by Gasteiger charge is -2.16. The van der Waals surface area contributed by atoms with Crippen LogP contribution in [0.3, 0.4) is 0 Å². The second kappa shape index (κ2) is 9.53. The third-order valence-electron chi connectivity index (χ3n) is 3.87. The quantitative estimate of drug-likeness (QED) is 0.680. The summed E-state index contributed by atoms with van der Waals surface area (Å²) >= 11 is 0. The smallest absolute Gasteiger partial charge is 0.251 e. The van der Waals surface area contributed by atoms with Crippen molar-refractivity contribution in [2.24, 2.45) is 11.7 Å². The molecule has 1 aliphatic carbocycles. The third kappa shape index (κ3) is 6.20. The van der Waals surface area contributed by atoms with Crippen molar-refractivity contribution in [1.82, 2.24) is 5.32 Å². The lowest BCUT2D eigenvalue weighted by atomic mass is 10.1. The first kappa shape index (κ1) is 19.5. The second-order valence-corrected chi connectivity index (χ2v) is 5.89. The Balaban J connectivity index is 0.00000264. The largest absolute Gasteiger partial charge is 0.348 e. The van der Waals surface area contributed by atoms with Gasteiger partial charge in [0.05, 0.1) is 0 Å². The van der Waals surface area contributed by atoms with Crippen LogP contribution in [0.25, 0.3) is 0 Å². The van der Waals surface area contributed by atoms with Crippen molar-refractivity contribution in [3.05, 3.63) is 29.8 Å². The number of carbonyl (C=O) groups is 2. The van der Waals surface area contributed by atoms with Gasteiger partial charge in [0, 0.05) is 29.8 Å². The first-order valence-corrected chi connectivity index (χ1v) is 8.06. The summed E-state index contributed by atoms with van der Waals surface area (Å²) in [5.41, 5.74) is 6.92. The number of unbranched alkanes of at least 4 members (excludes halogenated alkanes) is 1. The molecule has 0 aromatic heterocycles. The van der Waals surface area contributed by atoms with Crippen LogP contribution < -0.4 is 16.4 Å². The molecule has 1 unspecified atom stereocenters. The molecule has 0 spiro atoms. The van der Waals surface area contributed by atoms with Crippen LogP contribution >= 0.6 is 12.4 Å². The highest BCUT2D eigenvalue weighted by atomic mass is 35.5. The number of benzene rings is 1. The molecule has 2 amide bonds. The van der Waals surface area contributed by atoms with Crippen molar-refractivity contribution in [3.8, 4) is 0 Å². The van der Waals surface area contributed by atoms with E-state index < -0.39 is 0 Å². The SMILES string of the molecule is CCCCC(CN)NC(=O)c1cccc(NC(=O)C2CC2)c1.Cl. The number of amides is 2. The summed E-state index contributed by atoms with van der Waals surface area (Å²) in [6.07, 6.45) is 4.93. The van der Waals surface area contributed by atoms with Crippen LogP contribution in [0, 0.1) is 5.92 Å². The highest BCUT2D eigenvalue weighted by Crippen LogP contribution is 2.30. The summed E-state index contributed by atoms with van der Waals surface area (Å²) in [6.45, 7) is 2.55. The number of hydrogen-bond acceptors (Lipinski definition) is 3. The Kier molecular flexibility index (Phi) is 8.06. The Labute approximate surface area is 143 Å². The van der Waals surface area contributed by atoms with Crippen LogP contribution in [0.4, 0.5) is 5.69 Å². The molecule has 23 heavy (non-hydrogen) atoms. The van der Waals surface area contributed by atoms with Gasteiger partial charge in [-0.3, -0.25) is 9.59 Å². The fourth-order valence-electron chi connectivity index (χ4n) is 2.30. The number of nitrogens with one attached hydrogen (secondary N) is 2. The van der Waals surface area contributed by atoms with Crippen molar-refractivity contribution >= 4 is 29.9 Å². The Hall–Kier alpha value is -1.59. The van der Waals surface area contributed by atoms with E-state index in [1.165, 1.54) is 0 Å². The van der Waals surface area contributed by atoms with Crippen LogP contribution in [-0.2, 0) is 4.79 Å². The molecule has 0 heterocycles. The summed E-state index contributed by atoms with van der Waals surface area (Å²) in [6, 6.07) is 7.03. The number of nitrogens with two attached hydrogens (primary N) is 1. The first-order chi connectivity index (χ1) is 10.6. The summed E-state index contributed by atoms with van der Waals surface area (Å²) in [7, 11) is 0. The maximum Gasteiger partial charge on any atom is 0.251 e. The highest BCUT2D eigenvalue weighted by Gasteiger charge is 2.29. The van der Waals surface area contributed by atoms with Gasteiger partial charge < -0.3 is 16.4 Å². The Bertz CT molecular complexity index is 532. The van der Waals surface area contributed by atoms with Gasteiger partial charge in [-0.25, -0.2) is 0 Å². The highest BCUT2D eigenvalue weighted by molar-refractivity contribution is 5.98. The molecule has 1 atom stereocenters. The van der Waals surface area contributed by atoms with Crippen LogP contribution in [-0.4, -0.2) is 24.4 Å². The zero-order chi connectivity index (χ0) is 15.9. The van der Waals surface area contributed by atoms with Gasteiger partial charge in [-0.05, 0) is 37.5 Å². The van der Waals surface area contributed by atoms with Crippen molar-refractivity contribution in [2.45, 2.75) is 45.1 Å². The van der Waals surface area contributed by atoms with E-state index in [2.05, 4.69) is 17.6 Å². The third-order valence-corrected chi connectivity index (χ3v) is 3.87. The monoisotopic (exact) mass is 339 g/mol. The molecular weight excluding hydrogens is 314 g/mol. The van der Waals surface area contributed by atoms with Gasteiger partial charge in [-0.1, -0.05) is 25.8 Å². The summed E-state index contributed by atoms with van der Waals surface area (Å²) in [5.74, 6) is 0.0440. The topological polar surface area (TPSA) is 84.2 Å². The molecular formula is C17H26ClN3O2. The molecule has 0 bridgehead atoms. The van der Waals surface area contributed by atoms with Gasteiger partial charge in [0.15, 0.2) is 0 Å². The van der Waals surface area contributed by atoms with Crippen LogP contribution in [0.15, 0.2) is 24.3 Å². The molecule has 128 valence electrons. The van der Waals surface area contributed by atoms with E-state index in [9.17, 15) is 9.59 Å². The molecule has 2 rings (SSSR count). The van der Waals surface area contributed by atoms with Gasteiger partial charge >= 0.3 is 0 Å². The van der Waals surface area contributed by atoms with E-state index in [1.807, 2.05) is 0 Å². The number of halogens is 1. The standard InChI is InChI=1S/C17H25N3O2.ClH/c1-2-3-6-15(11-18)20-17(22)13-5-4-7-14(10-13)19-16(21)12-8-9-12;/h4-5,7,10,12,15H,2-3,6,8-9,11,18H2,1H3,(H,19,21)(H,20,22);1H. The minimum absolute atomic E-state index is 0. The average molecular weight is 340 g/mol. The van der Waals surface area contributed by atoms with Gasteiger partial charge in [0.1, 0.15) is 0 Å². The second-order valence-electron chi connectivity index (χ2n) is 5.89. The lowest BCUT2D eigenvalue weighted by molar-refractivity contribution is -0.117. The van der Waals surface area contributed by atoms with Crippen molar-refractivity contribution in [3.63, 3.8) is 0 Å². The maximum atomic E-state index is 12.3. The van der Waals surface area contributed by atoms with Crippen LogP contribution in [0.1, 0.15) is 49.4 Å². The summed E-state index contributed by atoms with van der Waals surface area (Å²) < 4.78 is 0. The average Bonchev–Trinajstić information content (AvgIpc) is 3.36. The fourth-order valence-corrected chi connectivity index (χ4v) is 2.30. The summed E-state index contributed by atoms with van der Waals surface area (Å²) in [4.78, 5) is 24.1. The molecule has 0 saturated heterocycles. The molecule has 4 N–H and O–H groups in total. The lowest BCUT2D eigenvalue weighted by Crippen LogP contribution is -2.40. The molecule has 1 fully saturated rings. The zero-order valence-electron chi connectivity index (χ0n) is 13.5. The zero-order valence-corrected chi connectivity index (χ0v) is 14.3. The van der Waals surface area contributed by atoms with Crippen LogP contribution in [0.2, 0.25) is 0 Å². The van der Waals surface area contributed by atoms with E-state index in [4.69, 9.17) is 5.73 Å². The van der Waals surface area contributed by atoms with Gasteiger partial charge in [-0.2, -0.15) is 0 Å². The van der Waals surface area contributed by atoms with Gasteiger partial charge in [0.25, 0.3) is 5.91 Å². The molecule has 1 aliphatic rings. The van der Waals surface area contributed by atoms with E-state index in [1.54, 1.807) is 24.3 Å². The number of anilines is 1. The van der Waals surface area contributed by atoms with Crippen molar-refractivity contribution in [2.75, 3.05) is 11.9 Å². The number of hydrogen-bond donors (Lipinski definition) is 3. The Morgan fingerprint density at radius 3 is 2.70 bits per heavy atom. The predicted molar refractivity (Wildman–Crippen MR) is 94.9 cm³/mol. The molecule has 6 heteroatoms. The Morgan fingerprint density at radius 1 is 1.35 bits per heavy atom. The predicted octanol–water partition coefficient (Wildman–Crippen LogP) is 2.70. The number of rotatable bonds is 8. The van der Waals surface area contributed by atoms with Crippen LogP contribution in [0.5, 0.6) is 0 Å². The normalized spacial score (nSPS) is 14.5. The Morgan fingerprint density at radius 2 is 2.09 bits per heavy atom. The molecule has 1 aromatic rings. The molecule has 5 nitrogen and oxygen atoms in total. The molecule has 1 aromatic carbocycles. The molecule has 1 saturated carbocycles. The molecule has 0 radical (unpaired) electrons. The molecule has 0 aliphatic heterocycles. The van der Waals surface area contributed by atoms with Gasteiger partial charge in [0.2, 0.25) is 5.91 Å². The van der Waals surface area contributed by atoms with Gasteiger partial charge in [-0.15, -0.1) is 12.4 Å². The van der Waals surface area contributed by atoms with E-state index in [0.717, 1.165) is 32.1 Å². The minimum Gasteiger partial charge on any atom is -0.348 e.